The SMILES string of the molecule is CC(=O)N(CCC(=O)Nc1cccc(C(F)(F)F)c1)c1ccc(C)cc1C. The van der Waals surface area contributed by atoms with Crippen LogP contribution in [0.5, 0.6) is 0 Å². The average Bonchev–Trinajstić information content (AvgIpc) is 2.56. The summed E-state index contributed by atoms with van der Waals surface area (Å²) in [6.07, 6.45) is -4.52. The highest BCUT2D eigenvalue weighted by Gasteiger charge is 2.30. The molecule has 4 nitrogen and oxygen atoms in total. The second-order valence-electron chi connectivity index (χ2n) is 6.34. The number of alkyl halides is 3. The largest absolute Gasteiger partial charge is 0.416 e. The number of carbonyl (C=O) groups excluding carboxylic acids is 2. The maximum Gasteiger partial charge on any atom is 0.416 e. The van der Waals surface area contributed by atoms with Gasteiger partial charge in [0.05, 0.1) is 5.56 Å². The van der Waals surface area contributed by atoms with Gasteiger partial charge in [0.2, 0.25) is 11.8 Å². The molecule has 2 aromatic rings. The van der Waals surface area contributed by atoms with Crippen LogP contribution >= 0.6 is 0 Å². The predicted octanol–water partition coefficient (Wildman–Crippen LogP) is 4.70. The summed E-state index contributed by atoms with van der Waals surface area (Å²) in [5.41, 5.74) is 1.90. The van der Waals surface area contributed by atoms with Gasteiger partial charge in [-0.15, -0.1) is 0 Å². The van der Waals surface area contributed by atoms with Crippen LogP contribution in [0.1, 0.15) is 30.0 Å². The minimum Gasteiger partial charge on any atom is -0.326 e. The molecule has 2 rings (SSSR count). The van der Waals surface area contributed by atoms with E-state index in [2.05, 4.69) is 5.32 Å². The van der Waals surface area contributed by atoms with Gasteiger partial charge in [-0.2, -0.15) is 13.2 Å². The number of hydrogen-bond acceptors (Lipinski definition) is 2. The number of nitrogens with one attached hydrogen (secondary N) is 1. The third-order valence-corrected chi connectivity index (χ3v) is 4.06. The van der Waals surface area contributed by atoms with Gasteiger partial charge in [0.25, 0.3) is 0 Å². The van der Waals surface area contributed by atoms with E-state index >= 15 is 0 Å². The van der Waals surface area contributed by atoms with E-state index in [1.54, 1.807) is 0 Å². The average molecular weight is 378 g/mol. The third-order valence-electron chi connectivity index (χ3n) is 4.06. The zero-order valence-corrected chi connectivity index (χ0v) is 15.4. The van der Waals surface area contributed by atoms with Gasteiger partial charge < -0.3 is 10.2 Å². The van der Waals surface area contributed by atoms with Crippen molar-refractivity contribution in [3.63, 3.8) is 0 Å². The van der Waals surface area contributed by atoms with E-state index in [1.165, 1.54) is 24.0 Å². The molecule has 0 aliphatic heterocycles. The van der Waals surface area contributed by atoms with Gasteiger partial charge in [0, 0.05) is 31.3 Å². The van der Waals surface area contributed by atoms with Gasteiger partial charge in [-0.3, -0.25) is 9.59 Å². The fourth-order valence-electron chi connectivity index (χ4n) is 2.77. The third kappa shape index (κ3) is 5.57. The maximum absolute atomic E-state index is 12.7. The van der Waals surface area contributed by atoms with Crippen LogP contribution in [0.3, 0.4) is 0 Å². The summed E-state index contributed by atoms with van der Waals surface area (Å²) < 4.78 is 38.2. The molecule has 1 N–H and O–H groups in total. The number of carbonyl (C=O) groups is 2. The molecule has 144 valence electrons. The molecule has 0 heterocycles. The molecule has 0 aliphatic carbocycles. The summed E-state index contributed by atoms with van der Waals surface area (Å²) in [6.45, 7) is 5.35. The van der Waals surface area contributed by atoms with Crippen molar-refractivity contribution in [3.05, 3.63) is 59.2 Å². The first-order valence-corrected chi connectivity index (χ1v) is 8.40. The Bertz CT molecular complexity index is 847. The molecule has 0 spiro atoms. The molecule has 7 heteroatoms. The first kappa shape index (κ1) is 20.5. The molecule has 0 fully saturated rings. The summed E-state index contributed by atoms with van der Waals surface area (Å²) in [4.78, 5) is 25.6. The number of halogens is 3. The Hall–Kier alpha value is -2.83. The molecular weight excluding hydrogens is 357 g/mol. The number of nitrogens with zero attached hydrogens (tertiary/aromatic N) is 1. The fourth-order valence-corrected chi connectivity index (χ4v) is 2.77. The topological polar surface area (TPSA) is 49.4 Å². The zero-order valence-electron chi connectivity index (χ0n) is 15.4. The number of anilines is 2. The van der Waals surface area contributed by atoms with Crippen molar-refractivity contribution in [1.82, 2.24) is 0 Å². The van der Waals surface area contributed by atoms with Gasteiger partial charge >= 0.3 is 6.18 Å². The monoisotopic (exact) mass is 378 g/mol. The second-order valence-corrected chi connectivity index (χ2v) is 6.34. The van der Waals surface area contributed by atoms with Crippen molar-refractivity contribution < 1.29 is 22.8 Å². The van der Waals surface area contributed by atoms with Crippen molar-refractivity contribution in [2.45, 2.75) is 33.4 Å². The van der Waals surface area contributed by atoms with Crippen molar-refractivity contribution in [3.8, 4) is 0 Å². The van der Waals surface area contributed by atoms with Gasteiger partial charge in [-0.1, -0.05) is 23.8 Å². The first-order valence-electron chi connectivity index (χ1n) is 8.40. The maximum atomic E-state index is 12.7. The highest BCUT2D eigenvalue weighted by Crippen LogP contribution is 2.30. The van der Waals surface area contributed by atoms with E-state index in [1.807, 2.05) is 32.0 Å². The molecule has 0 bridgehead atoms. The Kier molecular flexibility index (Phi) is 6.25. The van der Waals surface area contributed by atoms with E-state index in [4.69, 9.17) is 0 Å². The lowest BCUT2D eigenvalue weighted by Gasteiger charge is -2.23. The zero-order chi connectivity index (χ0) is 20.2. The smallest absolute Gasteiger partial charge is 0.326 e. The quantitative estimate of drug-likeness (QED) is 0.820. The number of rotatable bonds is 5. The van der Waals surface area contributed by atoms with E-state index in [0.29, 0.717) is 5.69 Å². The minimum absolute atomic E-state index is 0.0385. The molecule has 0 saturated heterocycles. The molecule has 2 amide bonds. The summed E-state index contributed by atoms with van der Waals surface area (Å²) in [7, 11) is 0. The minimum atomic E-state index is -4.48. The molecule has 0 radical (unpaired) electrons. The Balaban J connectivity index is 2.05. The highest BCUT2D eigenvalue weighted by molar-refractivity contribution is 5.95. The molecule has 0 aromatic heterocycles. The molecule has 0 saturated carbocycles. The molecule has 0 atom stereocenters. The lowest BCUT2D eigenvalue weighted by Crippen LogP contribution is -2.32. The number of benzene rings is 2. The first-order chi connectivity index (χ1) is 12.6. The number of amides is 2. The molecule has 0 unspecified atom stereocenters. The van der Waals surface area contributed by atoms with Crippen LogP contribution in [0, 0.1) is 13.8 Å². The van der Waals surface area contributed by atoms with Crippen LogP contribution in [0.4, 0.5) is 24.5 Å². The summed E-state index contributed by atoms with van der Waals surface area (Å²) >= 11 is 0. The predicted molar refractivity (Wildman–Crippen MR) is 98.6 cm³/mol. The molecule has 27 heavy (non-hydrogen) atoms. The van der Waals surface area contributed by atoms with Crippen LogP contribution in [0.15, 0.2) is 42.5 Å². The van der Waals surface area contributed by atoms with E-state index in [0.717, 1.165) is 23.3 Å². The van der Waals surface area contributed by atoms with Gasteiger partial charge in [-0.05, 0) is 43.7 Å². The standard InChI is InChI=1S/C20H21F3N2O2/c1-13-7-8-18(14(2)11-13)25(15(3)26)10-9-19(27)24-17-6-4-5-16(12-17)20(21,22)23/h4-8,11-12H,9-10H2,1-3H3,(H,24,27). The van der Waals surface area contributed by atoms with E-state index < -0.39 is 17.6 Å². The highest BCUT2D eigenvalue weighted by atomic mass is 19.4. The summed E-state index contributed by atoms with van der Waals surface area (Å²) in [5, 5.41) is 2.45. The van der Waals surface area contributed by atoms with Gasteiger partial charge in [0.1, 0.15) is 0 Å². The lowest BCUT2D eigenvalue weighted by atomic mass is 10.1. The number of aryl methyl sites for hydroxylation is 2. The summed E-state index contributed by atoms with van der Waals surface area (Å²) in [5.74, 6) is -0.681. The van der Waals surface area contributed by atoms with Crippen LogP contribution in [-0.2, 0) is 15.8 Å². The fraction of sp³-hybridized carbons (Fsp3) is 0.300. The Morgan fingerprint density at radius 3 is 2.37 bits per heavy atom. The Morgan fingerprint density at radius 2 is 1.78 bits per heavy atom. The van der Waals surface area contributed by atoms with E-state index in [9.17, 15) is 22.8 Å². The lowest BCUT2D eigenvalue weighted by molar-refractivity contribution is -0.137. The van der Waals surface area contributed by atoms with Gasteiger partial charge in [-0.25, -0.2) is 0 Å². The van der Waals surface area contributed by atoms with Crippen LogP contribution in [-0.4, -0.2) is 18.4 Å². The van der Waals surface area contributed by atoms with E-state index in [-0.39, 0.29) is 24.6 Å². The van der Waals surface area contributed by atoms with Crippen molar-refractivity contribution >= 4 is 23.2 Å². The molecule has 0 aliphatic rings. The number of hydrogen-bond donors (Lipinski definition) is 1. The second kappa shape index (κ2) is 8.24. The van der Waals surface area contributed by atoms with Crippen LogP contribution < -0.4 is 10.2 Å². The van der Waals surface area contributed by atoms with Gasteiger partial charge in [0.15, 0.2) is 0 Å². The van der Waals surface area contributed by atoms with Crippen molar-refractivity contribution in [1.29, 1.82) is 0 Å². The molecule has 2 aromatic carbocycles. The Labute approximate surface area is 156 Å². The summed E-state index contributed by atoms with van der Waals surface area (Å²) in [6, 6.07) is 10.1. The van der Waals surface area contributed by atoms with Crippen LogP contribution in [0.2, 0.25) is 0 Å². The van der Waals surface area contributed by atoms with Crippen molar-refractivity contribution in [2.24, 2.45) is 0 Å². The Morgan fingerprint density at radius 1 is 1.07 bits per heavy atom. The van der Waals surface area contributed by atoms with Crippen molar-refractivity contribution in [2.75, 3.05) is 16.8 Å². The normalized spacial score (nSPS) is 11.2. The van der Waals surface area contributed by atoms with Crippen LogP contribution in [0.25, 0.3) is 0 Å². The molecular formula is C20H21F3N2O2.